The molecule has 1 aliphatic carbocycles. The molecule has 0 amide bonds. The number of aromatic nitrogens is 4. The zero-order valence-electron chi connectivity index (χ0n) is 18.0. The quantitative estimate of drug-likeness (QED) is 0.690. The van der Waals surface area contributed by atoms with E-state index in [1.807, 2.05) is 13.8 Å². The van der Waals surface area contributed by atoms with Crippen LogP contribution in [-0.2, 0) is 33.0 Å². The molecule has 3 aliphatic rings. The number of rotatable bonds is 7. The number of fused-ring (bicyclic) bond motifs is 4. The number of aryl methyl sites for hydroxylation is 1. The molecule has 2 saturated heterocycles. The van der Waals surface area contributed by atoms with Gasteiger partial charge in [-0.1, -0.05) is 13.8 Å². The number of carbonyl (C=O) groups excluding carboxylic acids is 1. The van der Waals surface area contributed by atoms with E-state index >= 15 is 0 Å². The molecule has 0 aromatic carbocycles. The molecule has 0 unspecified atom stereocenters. The Bertz CT molecular complexity index is 1050. The van der Waals surface area contributed by atoms with Crippen molar-refractivity contribution in [2.45, 2.75) is 78.0 Å². The second-order valence-electron chi connectivity index (χ2n) is 8.74. The second kappa shape index (κ2) is 7.68. The summed E-state index contributed by atoms with van der Waals surface area (Å²) in [5.74, 6) is 0.343. The van der Waals surface area contributed by atoms with Gasteiger partial charge in [-0.25, -0.2) is 9.78 Å². The van der Waals surface area contributed by atoms with E-state index in [2.05, 4.69) is 4.98 Å². The number of hydrogen-bond donors (Lipinski definition) is 1. The highest BCUT2D eigenvalue weighted by atomic mass is 16.5. The van der Waals surface area contributed by atoms with Crippen LogP contribution in [0.2, 0.25) is 0 Å². The summed E-state index contributed by atoms with van der Waals surface area (Å²) >= 11 is 0. The molecule has 2 aliphatic heterocycles. The van der Waals surface area contributed by atoms with Crippen molar-refractivity contribution < 1.29 is 14.3 Å². The topological polar surface area (TPSA) is 108 Å². The number of aromatic amines is 1. The van der Waals surface area contributed by atoms with Gasteiger partial charge in [0.1, 0.15) is 16.9 Å². The molecule has 0 atom stereocenters. The van der Waals surface area contributed by atoms with Gasteiger partial charge in [0.15, 0.2) is 5.65 Å². The summed E-state index contributed by atoms with van der Waals surface area (Å²) < 4.78 is 14.4. The number of nitrogens with one attached hydrogen (secondary N) is 1. The highest BCUT2D eigenvalue weighted by Crippen LogP contribution is 2.53. The first-order valence-electron chi connectivity index (χ1n) is 10.9. The zero-order valence-corrected chi connectivity index (χ0v) is 18.0. The average Bonchev–Trinajstić information content (AvgIpc) is 3.20. The molecule has 1 saturated carbocycles. The normalized spacial score (nSPS) is 25.7. The molecule has 2 aromatic rings. The number of H-pyrrole nitrogens is 1. The molecular weight excluding hydrogens is 388 g/mol. The van der Waals surface area contributed by atoms with Gasteiger partial charge in [0.25, 0.3) is 5.56 Å². The highest BCUT2D eigenvalue weighted by Gasteiger charge is 2.52. The predicted octanol–water partition coefficient (Wildman–Crippen LogP) is 2.06. The van der Waals surface area contributed by atoms with Crippen molar-refractivity contribution in [3.8, 4) is 0 Å². The summed E-state index contributed by atoms with van der Waals surface area (Å²) in [5.41, 5.74) is -0.583. The van der Waals surface area contributed by atoms with E-state index in [0.29, 0.717) is 49.7 Å². The number of esters is 1. The number of imidazole rings is 1. The Morgan fingerprint density at radius 1 is 1.13 bits per heavy atom. The lowest BCUT2D eigenvalue weighted by molar-refractivity contribution is -0.208. The van der Waals surface area contributed by atoms with Gasteiger partial charge in [-0.05, 0) is 38.5 Å². The van der Waals surface area contributed by atoms with Gasteiger partial charge in [-0.3, -0.25) is 18.7 Å². The Morgan fingerprint density at radius 3 is 2.37 bits per heavy atom. The molecule has 4 heterocycles. The lowest BCUT2D eigenvalue weighted by Gasteiger charge is -2.51. The van der Waals surface area contributed by atoms with Crippen LogP contribution in [0.5, 0.6) is 0 Å². The number of carbonyl (C=O) groups is 1. The Balaban J connectivity index is 1.72. The fourth-order valence-electron chi connectivity index (χ4n) is 4.74. The summed E-state index contributed by atoms with van der Waals surface area (Å²) in [4.78, 5) is 45.0. The van der Waals surface area contributed by atoms with E-state index in [-0.39, 0.29) is 22.6 Å². The lowest BCUT2D eigenvalue weighted by atomic mass is 9.66. The van der Waals surface area contributed by atoms with Crippen LogP contribution < -0.4 is 11.2 Å². The summed E-state index contributed by atoms with van der Waals surface area (Å²) in [6.45, 7) is 7.10. The van der Waals surface area contributed by atoms with Gasteiger partial charge in [0.05, 0.1) is 13.2 Å². The molecule has 0 radical (unpaired) electrons. The molecule has 164 valence electrons. The van der Waals surface area contributed by atoms with Crippen LogP contribution >= 0.6 is 0 Å². The van der Waals surface area contributed by atoms with Crippen molar-refractivity contribution in [2.75, 3.05) is 13.2 Å². The molecule has 3 fully saturated rings. The maximum absolute atomic E-state index is 13.0. The van der Waals surface area contributed by atoms with Gasteiger partial charge in [0.2, 0.25) is 0 Å². The summed E-state index contributed by atoms with van der Waals surface area (Å²) in [6.07, 6.45) is 4.65. The first-order chi connectivity index (χ1) is 14.3. The van der Waals surface area contributed by atoms with Crippen LogP contribution in [0.3, 0.4) is 0 Å². The van der Waals surface area contributed by atoms with Crippen LogP contribution in [0.15, 0.2) is 9.59 Å². The second-order valence-corrected chi connectivity index (χ2v) is 8.74. The third kappa shape index (κ3) is 3.29. The largest absolute Gasteiger partial charge is 0.465 e. The monoisotopic (exact) mass is 418 g/mol. The van der Waals surface area contributed by atoms with Gasteiger partial charge < -0.3 is 14.5 Å². The molecule has 2 aromatic heterocycles. The smallest absolute Gasteiger partial charge is 0.332 e. The van der Waals surface area contributed by atoms with Crippen LogP contribution in [0.25, 0.3) is 11.2 Å². The first-order valence-corrected chi connectivity index (χ1v) is 10.9. The van der Waals surface area contributed by atoms with Gasteiger partial charge in [-0.15, -0.1) is 0 Å². The summed E-state index contributed by atoms with van der Waals surface area (Å²) in [7, 11) is 0. The first kappa shape index (κ1) is 20.8. The van der Waals surface area contributed by atoms with E-state index in [9.17, 15) is 14.4 Å². The van der Waals surface area contributed by atoms with Crippen LogP contribution in [0, 0.1) is 5.41 Å². The molecular formula is C21H30N4O5. The van der Waals surface area contributed by atoms with E-state index in [1.165, 1.54) is 11.5 Å². The molecule has 9 nitrogen and oxygen atoms in total. The SMILES string of the molecule is CCCn1c(=O)c2[nH]c(C34CCC(COC(C)=O)(CC3)CO4)nc2n(CCC)c1=O. The highest BCUT2D eigenvalue weighted by molar-refractivity contribution is 5.70. The van der Waals surface area contributed by atoms with Crippen LogP contribution in [0.4, 0.5) is 0 Å². The minimum atomic E-state index is -0.591. The maximum atomic E-state index is 13.0. The van der Waals surface area contributed by atoms with Gasteiger partial charge >= 0.3 is 11.7 Å². The van der Waals surface area contributed by atoms with E-state index in [1.54, 1.807) is 4.57 Å². The molecule has 30 heavy (non-hydrogen) atoms. The number of nitrogens with zero attached hydrogens (tertiary/aromatic N) is 3. The van der Waals surface area contributed by atoms with Crippen molar-refractivity contribution in [3.63, 3.8) is 0 Å². The van der Waals surface area contributed by atoms with Crippen LogP contribution in [-0.4, -0.2) is 38.3 Å². The van der Waals surface area contributed by atoms with Crippen molar-refractivity contribution in [3.05, 3.63) is 26.7 Å². The molecule has 5 rings (SSSR count). The van der Waals surface area contributed by atoms with Crippen molar-refractivity contribution in [2.24, 2.45) is 5.41 Å². The average molecular weight is 418 g/mol. The van der Waals surface area contributed by atoms with Crippen LogP contribution in [0.1, 0.15) is 65.1 Å². The van der Waals surface area contributed by atoms with Crippen molar-refractivity contribution >= 4 is 17.1 Å². The molecule has 0 spiro atoms. The Morgan fingerprint density at radius 2 is 1.80 bits per heavy atom. The lowest BCUT2D eigenvalue weighted by Crippen LogP contribution is -2.51. The minimum absolute atomic E-state index is 0.141. The Labute approximate surface area is 174 Å². The Kier molecular flexibility index (Phi) is 5.34. The van der Waals surface area contributed by atoms with E-state index in [4.69, 9.17) is 14.5 Å². The van der Waals surface area contributed by atoms with E-state index < -0.39 is 5.60 Å². The summed E-state index contributed by atoms with van der Waals surface area (Å²) in [6, 6.07) is 0. The van der Waals surface area contributed by atoms with Gasteiger partial charge in [0, 0.05) is 25.4 Å². The molecule has 2 bridgehead atoms. The number of hydrogen-bond acceptors (Lipinski definition) is 6. The molecule has 9 heteroatoms. The predicted molar refractivity (Wildman–Crippen MR) is 110 cm³/mol. The standard InChI is InChI=1S/C21H30N4O5/c1-4-10-24-16-15(17(27)25(11-5-2)19(24)28)22-18(23-16)21-8-6-20(7-9-21,13-30-21)12-29-14(3)26/h4-13H2,1-3H3,(H,22,23). The van der Waals surface area contributed by atoms with Gasteiger partial charge in [-0.2, -0.15) is 0 Å². The maximum Gasteiger partial charge on any atom is 0.332 e. The third-order valence-electron chi connectivity index (χ3n) is 6.54. The van der Waals surface area contributed by atoms with Crippen molar-refractivity contribution in [1.29, 1.82) is 0 Å². The number of ether oxygens (including phenoxy) is 2. The summed E-state index contributed by atoms with van der Waals surface area (Å²) in [5, 5.41) is 0. The molecule has 1 N–H and O–H groups in total. The zero-order chi connectivity index (χ0) is 21.5. The van der Waals surface area contributed by atoms with E-state index in [0.717, 1.165) is 32.1 Å². The fraction of sp³-hybridized carbons (Fsp3) is 0.714. The minimum Gasteiger partial charge on any atom is -0.465 e. The third-order valence-corrected chi connectivity index (χ3v) is 6.54. The van der Waals surface area contributed by atoms with Crippen molar-refractivity contribution in [1.82, 2.24) is 19.1 Å². The Hall–Kier alpha value is -2.42. The fourth-order valence-corrected chi connectivity index (χ4v) is 4.74.